The highest BCUT2D eigenvalue weighted by atomic mass is 15.2. The SMILES string of the molecule is Cn1ccnc1NC1CNC1. The number of nitrogens with one attached hydrogen (secondary N) is 2. The zero-order chi connectivity index (χ0) is 7.68. The summed E-state index contributed by atoms with van der Waals surface area (Å²) in [6, 6.07) is 0.566. The normalized spacial score (nSPS) is 17.9. The lowest BCUT2D eigenvalue weighted by Gasteiger charge is -2.28. The van der Waals surface area contributed by atoms with Crippen LogP contribution in [0, 0.1) is 0 Å². The number of aryl methyl sites for hydroxylation is 1. The number of rotatable bonds is 2. The van der Waals surface area contributed by atoms with Gasteiger partial charge in [0.2, 0.25) is 5.95 Å². The molecule has 0 unspecified atom stereocenters. The Bertz CT molecular complexity index is 238. The summed E-state index contributed by atoms with van der Waals surface area (Å²) in [6.45, 7) is 2.10. The molecule has 1 aromatic heterocycles. The van der Waals surface area contributed by atoms with Crippen molar-refractivity contribution < 1.29 is 0 Å². The van der Waals surface area contributed by atoms with E-state index in [0.29, 0.717) is 6.04 Å². The fraction of sp³-hybridized carbons (Fsp3) is 0.571. The van der Waals surface area contributed by atoms with Gasteiger partial charge in [-0.05, 0) is 0 Å². The highest BCUT2D eigenvalue weighted by molar-refractivity contribution is 5.28. The molecule has 0 aromatic carbocycles. The van der Waals surface area contributed by atoms with Crippen molar-refractivity contribution in [1.29, 1.82) is 0 Å². The van der Waals surface area contributed by atoms with Crippen molar-refractivity contribution in [3.05, 3.63) is 12.4 Å². The van der Waals surface area contributed by atoms with Crippen molar-refractivity contribution >= 4 is 5.95 Å². The first-order chi connectivity index (χ1) is 5.36. The van der Waals surface area contributed by atoms with Gasteiger partial charge in [-0.15, -0.1) is 0 Å². The third-order valence-electron chi connectivity index (χ3n) is 1.94. The van der Waals surface area contributed by atoms with Gasteiger partial charge in [0, 0.05) is 32.5 Å². The van der Waals surface area contributed by atoms with Crippen LogP contribution in [0.25, 0.3) is 0 Å². The first kappa shape index (κ1) is 6.67. The summed E-state index contributed by atoms with van der Waals surface area (Å²) in [5, 5.41) is 6.51. The second-order valence-corrected chi connectivity index (χ2v) is 2.86. The third-order valence-corrected chi connectivity index (χ3v) is 1.94. The first-order valence-electron chi connectivity index (χ1n) is 3.81. The van der Waals surface area contributed by atoms with Crippen LogP contribution in [0.5, 0.6) is 0 Å². The number of imidazole rings is 1. The minimum Gasteiger partial charge on any atom is -0.350 e. The second-order valence-electron chi connectivity index (χ2n) is 2.86. The fourth-order valence-corrected chi connectivity index (χ4v) is 1.08. The molecule has 0 amide bonds. The van der Waals surface area contributed by atoms with E-state index in [-0.39, 0.29) is 0 Å². The second kappa shape index (κ2) is 2.54. The van der Waals surface area contributed by atoms with Crippen molar-refractivity contribution in [2.75, 3.05) is 18.4 Å². The van der Waals surface area contributed by atoms with Crippen LogP contribution in [-0.4, -0.2) is 28.7 Å². The van der Waals surface area contributed by atoms with E-state index in [9.17, 15) is 0 Å². The largest absolute Gasteiger partial charge is 0.350 e. The van der Waals surface area contributed by atoms with E-state index < -0.39 is 0 Å². The Balaban J connectivity index is 1.99. The van der Waals surface area contributed by atoms with E-state index in [1.54, 1.807) is 6.20 Å². The molecule has 0 radical (unpaired) electrons. The Hall–Kier alpha value is -1.03. The van der Waals surface area contributed by atoms with E-state index in [1.807, 2.05) is 17.8 Å². The van der Waals surface area contributed by atoms with E-state index >= 15 is 0 Å². The number of anilines is 1. The summed E-state index contributed by atoms with van der Waals surface area (Å²) in [5.41, 5.74) is 0. The van der Waals surface area contributed by atoms with Crippen molar-refractivity contribution in [3.8, 4) is 0 Å². The minimum absolute atomic E-state index is 0.566. The molecule has 1 saturated heterocycles. The predicted octanol–water partition coefficient (Wildman–Crippen LogP) is -0.196. The lowest BCUT2D eigenvalue weighted by atomic mass is 10.2. The quantitative estimate of drug-likeness (QED) is 0.617. The van der Waals surface area contributed by atoms with Crippen LogP contribution in [0.2, 0.25) is 0 Å². The van der Waals surface area contributed by atoms with E-state index in [2.05, 4.69) is 15.6 Å². The van der Waals surface area contributed by atoms with Gasteiger partial charge < -0.3 is 15.2 Å². The molecule has 60 valence electrons. The molecule has 0 bridgehead atoms. The van der Waals surface area contributed by atoms with Crippen molar-refractivity contribution in [2.45, 2.75) is 6.04 Å². The van der Waals surface area contributed by atoms with E-state index in [0.717, 1.165) is 19.0 Å². The molecule has 0 aliphatic carbocycles. The molecule has 0 spiro atoms. The Morgan fingerprint density at radius 2 is 2.55 bits per heavy atom. The topological polar surface area (TPSA) is 41.9 Å². The molecule has 0 saturated carbocycles. The molecule has 0 atom stereocenters. The van der Waals surface area contributed by atoms with Crippen LogP contribution in [0.3, 0.4) is 0 Å². The van der Waals surface area contributed by atoms with Crippen molar-refractivity contribution in [1.82, 2.24) is 14.9 Å². The molecule has 4 nitrogen and oxygen atoms in total. The summed E-state index contributed by atoms with van der Waals surface area (Å²) < 4.78 is 1.98. The van der Waals surface area contributed by atoms with Gasteiger partial charge >= 0.3 is 0 Å². The standard InChI is InChI=1S/C7H12N4/c1-11-3-2-9-7(11)10-6-4-8-5-6/h2-3,6,8H,4-5H2,1H3,(H,9,10). The maximum absolute atomic E-state index is 4.16. The van der Waals surface area contributed by atoms with Crippen molar-refractivity contribution in [3.63, 3.8) is 0 Å². The molecule has 2 N–H and O–H groups in total. The molecule has 1 fully saturated rings. The summed E-state index contributed by atoms with van der Waals surface area (Å²) in [6.07, 6.45) is 3.74. The summed E-state index contributed by atoms with van der Waals surface area (Å²) >= 11 is 0. The first-order valence-corrected chi connectivity index (χ1v) is 3.81. The summed E-state index contributed by atoms with van der Waals surface area (Å²) in [4.78, 5) is 4.16. The van der Waals surface area contributed by atoms with Gasteiger partial charge in [0.1, 0.15) is 0 Å². The average molecular weight is 152 g/mol. The van der Waals surface area contributed by atoms with Gasteiger partial charge in [-0.3, -0.25) is 0 Å². The Morgan fingerprint density at radius 1 is 1.73 bits per heavy atom. The fourth-order valence-electron chi connectivity index (χ4n) is 1.08. The molecule has 1 aliphatic rings. The van der Waals surface area contributed by atoms with Crippen LogP contribution in [-0.2, 0) is 7.05 Å². The maximum atomic E-state index is 4.16. The van der Waals surface area contributed by atoms with Gasteiger partial charge in [-0.25, -0.2) is 4.98 Å². The highest BCUT2D eigenvalue weighted by Crippen LogP contribution is 2.05. The van der Waals surface area contributed by atoms with Crippen molar-refractivity contribution in [2.24, 2.45) is 7.05 Å². The molecule has 1 aliphatic heterocycles. The average Bonchev–Trinajstić information content (AvgIpc) is 2.27. The lowest BCUT2D eigenvalue weighted by Crippen LogP contribution is -2.51. The highest BCUT2D eigenvalue weighted by Gasteiger charge is 2.16. The predicted molar refractivity (Wildman–Crippen MR) is 43.5 cm³/mol. The lowest BCUT2D eigenvalue weighted by molar-refractivity contribution is 0.468. The number of hydrogen-bond acceptors (Lipinski definition) is 3. The van der Waals surface area contributed by atoms with Crippen LogP contribution in [0.1, 0.15) is 0 Å². The molecule has 4 heteroatoms. The summed E-state index contributed by atoms with van der Waals surface area (Å²) in [5.74, 6) is 0.955. The summed E-state index contributed by atoms with van der Waals surface area (Å²) in [7, 11) is 1.99. The molecular formula is C7H12N4. The number of nitrogens with zero attached hydrogens (tertiary/aromatic N) is 2. The smallest absolute Gasteiger partial charge is 0.202 e. The molecule has 2 rings (SSSR count). The van der Waals surface area contributed by atoms with E-state index in [1.165, 1.54) is 0 Å². The van der Waals surface area contributed by atoms with Gasteiger partial charge in [0.15, 0.2) is 0 Å². The molecule has 2 heterocycles. The molecule has 11 heavy (non-hydrogen) atoms. The zero-order valence-electron chi connectivity index (χ0n) is 6.54. The van der Waals surface area contributed by atoms with Crippen LogP contribution >= 0.6 is 0 Å². The Kier molecular flexibility index (Phi) is 1.54. The van der Waals surface area contributed by atoms with Crippen LogP contribution < -0.4 is 10.6 Å². The Labute approximate surface area is 65.6 Å². The molecular weight excluding hydrogens is 140 g/mol. The van der Waals surface area contributed by atoms with Gasteiger partial charge in [0.25, 0.3) is 0 Å². The van der Waals surface area contributed by atoms with Crippen LogP contribution in [0.4, 0.5) is 5.95 Å². The van der Waals surface area contributed by atoms with Gasteiger partial charge in [-0.2, -0.15) is 0 Å². The molecule has 1 aromatic rings. The Morgan fingerprint density at radius 3 is 3.00 bits per heavy atom. The zero-order valence-corrected chi connectivity index (χ0v) is 6.54. The monoisotopic (exact) mass is 152 g/mol. The number of hydrogen-bond donors (Lipinski definition) is 2. The number of aromatic nitrogens is 2. The third kappa shape index (κ3) is 1.21. The minimum atomic E-state index is 0.566. The van der Waals surface area contributed by atoms with Gasteiger partial charge in [0.05, 0.1) is 6.04 Å². The maximum Gasteiger partial charge on any atom is 0.202 e. The van der Waals surface area contributed by atoms with E-state index in [4.69, 9.17) is 0 Å². The van der Waals surface area contributed by atoms with Gasteiger partial charge in [-0.1, -0.05) is 0 Å². The van der Waals surface area contributed by atoms with Crippen LogP contribution in [0.15, 0.2) is 12.4 Å².